The summed E-state index contributed by atoms with van der Waals surface area (Å²) < 4.78 is 17.0. The van der Waals surface area contributed by atoms with Gasteiger partial charge in [-0.1, -0.05) is 345 Å². The molecule has 0 spiro atoms. The number of unbranched alkanes of at least 4 members (excludes halogenated alkanes) is 46. The van der Waals surface area contributed by atoms with Crippen LogP contribution < -0.4 is 0 Å². The maximum absolute atomic E-state index is 12.9. The highest BCUT2D eigenvalue weighted by molar-refractivity contribution is 5.71. The van der Waals surface area contributed by atoms with Crippen LogP contribution in [0, 0.1) is 0 Å². The van der Waals surface area contributed by atoms with E-state index in [0.717, 1.165) is 103 Å². The second-order valence-electron chi connectivity index (χ2n) is 24.5. The van der Waals surface area contributed by atoms with E-state index in [1.807, 2.05) is 0 Å². The second-order valence-corrected chi connectivity index (χ2v) is 24.5. The number of hydrogen-bond acceptors (Lipinski definition) is 6. The lowest BCUT2D eigenvalue weighted by Gasteiger charge is -2.18. The molecule has 0 N–H and O–H groups in total. The monoisotopic (exact) mass is 1150 g/mol. The smallest absolute Gasteiger partial charge is 0.306 e. The molecule has 0 amide bonds. The van der Waals surface area contributed by atoms with Crippen molar-refractivity contribution in [2.45, 2.75) is 393 Å². The number of allylic oxidation sites excluding steroid dienone is 10. The fourth-order valence-electron chi connectivity index (χ4n) is 10.8. The van der Waals surface area contributed by atoms with Crippen molar-refractivity contribution in [1.82, 2.24) is 0 Å². The van der Waals surface area contributed by atoms with Crippen molar-refractivity contribution in [1.29, 1.82) is 0 Å². The molecule has 0 saturated heterocycles. The third-order valence-electron chi connectivity index (χ3n) is 16.2. The number of carbonyl (C=O) groups is 3. The van der Waals surface area contributed by atoms with Crippen molar-refractivity contribution < 1.29 is 28.6 Å². The van der Waals surface area contributed by atoms with Gasteiger partial charge < -0.3 is 14.2 Å². The van der Waals surface area contributed by atoms with Crippen LogP contribution in [0.4, 0.5) is 0 Å². The normalized spacial score (nSPS) is 12.4. The van der Waals surface area contributed by atoms with Gasteiger partial charge in [0.25, 0.3) is 0 Å². The van der Waals surface area contributed by atoms with Crippen molar-refractivity contribution >= 4 is 17.9 Å². The van der Waals surface area contributed by atoms with E-state index in [2.05, 4.69) is 81.5 Å². The van der Waals surface area contributed by atoms with Gasteiger partial charge in [0.05, 0.1) is 0 Å². The van der Waals surface area contributed by atoms with Gasteiger partial charge in [-0.15, -0.1) is 0 Å². The lowest BCUT2D eigenvalue weighted by atomic mass is 10.0. The Hall–Kier alpha value is -2.89. The minimum atomic E-state index is -0.788. The molecule has 0 aromatic rings. The van der Waals surface area contributed by atoms with Gasteiger partial charge in [-0.2, -0.15) is 0 Å². The number of hydrogen-bond donors (Lipinski definition) is 0. The van der Waals surface area contributed by atoms with E-state index in [-0.39, 0.29) is 31.1 Å². The van der Waals surface area contributed by atoms with E-state index in [1.165, 1.54) is 244 Å². The van der Waals surface area contributed by atoms with Crippen LogP contribution in [0.5, 0.6) is 0 Å². The number of esters is 3. The van der Waals surface area contributed by atoms with Gasteiger partial charge in [0, 0.05) is 19.3 Å². The van der Waals surface area contributed by atoms with Gasteiger partial charge in [-0.25, -0.2) is 0 Å². The van der Waals surface area contributed by atoms with Crippen LogP contribution in [-0.2, 0) is 28.6 Å². The van der Waals surface area contributed by atoms with Gasteiger partial charge in [-0.05, 0) is 83.5 Å². The largest absolute Gasteiger partial charge is 0.462 e. The molecule has 0 saturated carbocycles. The molecule has 0 fully saturated rings. The first-order chi connectivity index (χ1) is 40.5. The Morgan fingerprint density at radius 3 is 0.744 bits per heavy atom. The van der Waals surface area contributed by atoms with Crippen LogP contribution in [0.15, 0.2) is 60.8 Å². The molecule has 0 aromatic carbocycles. The van der Waals surface area contributed by atoms with Crippen LogP contribution in [0.2, 0.25) is 0 Å². The maximum Gasteiger partial charge on any atom is 0.306 e. The SMILES string of the molecule is CCCC/C=C\C/C=C\CCCCCCCC(=O)OCC(COC(=O)CCCCCCCCCCCCCCCCCCCCCCCCCCCCCCCCC)OC(=O)CCCCCCCC/C=C\C/C=C\C/C=C\CCCCC. The first-order valence-corrected chi connectivity index (χ1v) is 36.3. The van der Waals surface area contributed by atoms with Gasteiger partial charge in [0.1, 0.15) is 13.2 Å². The fourth-order valence-corrected chi connectivity index (χ4v) is 10.8. The van der Waals surface area contributed by atoms with Crippen LogP contribution >= 0.6 is 0 Å². The van der Waals surface area contributed by atoms with E-state index in [4.69, 9.17) is 14.2 Å². The molecule has 1 atom stereocenters. The minimum absolute atomic E-state index is 0.0810. The Morgan fingerprint density at radius 1 is 0.244 bits per heavy atom. The number of ether oxygens (including phenoxy) is 3. The Balaban J connectivity index is 4.19. The fraction of sp³-hybridized carbons (Fsp3) is 0.829. The summed E-state index contributed by atoms with van der Waals surface area (Å²) in [5.74, 6) is -0.887. The summed E-state index contributed by atoms with van der Waals surface area (Å²) in [4.78, 5) is 38.4. The summed E-state index contributed by atoms with van der Waals surface area (Å²) >= 11 is 0. The molecule has 0 heterocycles. The van der Waals surface area contributed by atoms with E-state index >= 15 is 0 Å². The molecule has 0 rings (SSSR count). The van der Waals surface area contributed by atoms with Gasteiger partial charge in [-0.3, -0.25) is 14.4 Å². The Kier molecular flexibility index (Phi) is 68.1. The average Bonchev–Trinajstić information content (AvgIpc) is 3.47. The molecule has 478 valence electrons. The molecule has 1 unspecified atom stereocenters. The first kappa shape index (κ1) is 79.1. The summed E-state index contributed by atoms with van der Waals surface area (Å²) in [6, 6.07) is 0. The molecule has 0 aromatic heterocycles. The summed E-state index contributed by atoms with van der Waals surface area (Å²) in [5, 5.41) is 0. The molecule has 6 heteroatoms. The van der Waals surface area contributed by atoms with E-state index < -0.39 is 6.10 Å². The lowest BCUT2D eigenvalue weighted by molar-refractivity contribution is -0.167. The predicted molar refractivity (Wildman–Crippen MR) is 358 cm³/mol. The topological polar surface area (TPSA) is 78.9 Å². The summed E-state index contributed by atoms with van der Waals surface area (Å²) in [5.41, 5.74) is 0. The van der Waals surface area contributed by atoms with Crippen molar-refractivity contribution in [3.63, 3.8) is 0 Å². The van der Waals surface area contributed by atoms with Crippen LogP contribution in [0.1, 0.15) is 387 Å². The van der Waals surface area contributed by atoms with Crippen molar-refractivity contribution in [2.24, 2.45) is 0 Å². The highest BCUT2D eigenvalue weighted by Gasteiger charge is 2.19. The number of rotatable bonds is 67. The molecular formula is C76H138O6. The highest BCUT2D eigenvalue weighted by atomic mass is 16.6. The Labute approximate surface area is 510 Å². The molecule has 0 aliphatic rings. The van der Waals surface area contributed by atoms with Gasteiger partial charge >= 0.3 is 17.9 Å². The van der Waals surface area contributed by atoms with E-state index in [1.54, 1.807) is 0 Å². The third kappa shape index (κ3) is 67.9. The van der Waals surface area contributed by atoms with Crippen LogP contribution in [0.3, 0.4) is 0 Å². The molecule has 0 aliphatic carbocycles. The number of carbonyl (C=O) groups excluding carboxylic acids is 3. The van der Waals surface area contributed by atoms with Crippen molar-refractivity contribution in [2.75, 3.05) is 13.2 Å². The van der Waals surface area contributed by atoms with E-state index in [9.17, 15) is 14.4 Å². The molecule has 0 aliphatic heterocycles. The Morgan fingerprint density at radius 2 is 0.451 bits per heavy atom. The molecule has 82 heavy (non-hydrogen) atoms. The second kappa shape index (κ2) is 70.6. The predicted octanol–water partition coefficient (Wildman–Crippen LogP) is 25.1. The van der Waals surface area contributed by atoms with Crippen LogP contribution in [0.25, 0.3) is 0 Å². The Bertz CT molecular complexity index is 1460. The van der Waals surface area contributed by atoms with Gasteiger partial charge in [0.2, 0.25) is 0 Å². The minimum Gasteiger partial charge on any atom is -0.462 e. The zero-order chi connectivity index (χ0) is 59.2. The van der Waals surface area contributed by atoms with Crippen LogP contribution in [-0.4, -0.2) is 37.2 Å². The zero-order valence-electron chi connectivity index (χ0n) is 55.0. The summed E-state index contributed by atoms with van der Waals surface area (Å²) in [7, 11) is 0. The quantitative estimate of drug-likeness (QED) is 0.0261. The van der Waals surface area contributed by atoms with Crippen molar-refractivity contribution in [3.8, 4) is 0 Å². The average molecular weight is 1150 g/mol. The molecular weight excluding hydrogens is 1010 g/mol. The molecule has 0 radical (unpaired) electrons. The van der Waals surface area contributed by atoms with Crippen molar-refractivity contribution in [3.05, 3.63) is 60.8 Å². The van der Waals surface area contributed by atoms with E-state index in [0.29, 0.717) is 19.3 Å². The standard InChI is InChI=1S/C76H138O6/c1-4-7-10-13-16-19-22-25-28-30-32-33-34-35-36-37-38-39-40-41-42-43-45-46-48-51-54-57-60-63-66-69-75(78)81-72-73(71-80-74(77)68-65-62-59-56-53-50-27-24-21-18-15-12-9-6-3)82-76(79)70-67-64-61-58-55-52-49-47-44-31-29-26-23-20-17-14-11-8-5-2/h15,17-18,20,24,26-27,29,44,47,73H,4-14,16,19,21-23,25,28,30-43,45-46,48-72H2,1-3H3/b18-15-,20-17-,27-24-,29-26-,47-44-. The lowest BCUT2D eigenvalue weighted by Crippen LogP contribution is -2.30. The summed E-state index contributed by atoms with van der Waals surface area (Å²) in [6.07, 6.45) is 91.2. The first-order valence-electron chi connectivity index (χ1n) is 36.3. The third-order valence-corrected chi connectivity index (χ3v) is 16.2. The summed E-state index contributed by atoms with van der Waals surface area (Å²) in [6.45, 7) is 6.61. The highest BCUT2D eigenvalue weighted by Crippen LogP contribution is 2.18. The molecule has 0 bridgehead atoms. The van der Waals surface area contributed by atoms with Gasteiger partial charge in [0.15, 0.2) is 6.10 Å². The molecule has 6 nitrogen and oxygen atoms in total. The maximum atomic E-state index is 12.9. The zero-order valence-corrected chi connectivity index (χ0v) is 55.0.